The Bertz CT molecular complexity index is 107. The first kappa shape index (κ1) is 7.28. The van der Waals surface area contributed by atoms with Gasteiger partial charge in [-0.1, -0.05) is 0 Å². The molecule has 1 rings (SSSR count). The minimum absolute atomic E-state index is 0.127. The van der Waals surface area contributed by atoms with Crippen LogP contribution in [-0.2, 0) is 0 Å². The molecule has 9 heavy (non-hydrogen) atoms. The molecule has 0 saturated carbocycles. The first-order chi connectivity index (χ1) is 4.17. The molecule has 4 heteroatoms. The van der Waals surface area contributed by atoms with Gasteiger partial charge in [0.15, 0.2) is 0 Å². The van der Waals surface area contributed by atoms with Gasteiger partial charge < -0.3 is 5.11 Å². The normalized spacial score (nSPS) is 33.0. The highest BCUT2D eigenvalue weighted by Gasteiger charge is 2.43. The van der Waals surface area contributed by atoms with Crippen molar-refractivity contribution in [3.63, 3.8) is 0 Å². The standard InChI is InChI=1S/C5H8F2OS/c6-5(7)3-9-2-4(5)1-8/h4,8H,1-3H2. The van der Waals surface area contributed by atoms with Gasteiger partial charge in [0, 0.05) is 5.75 Å². The van der Waals surface area contributed by atoms with Crippen LogP contribution in [0, 0.1) is 5.92 Å². The Kier molecular flexibility index (Phi) is 1.96. The zero-order valence-electron chi connectivity index (χ0n) is 4.81. The average Bonchev–Trinajstić information content (AvgIpc) is 2.08. The largest absolute Gasteiger partial charge is 0.396 e. The molecular formula is C5H8F2OS. The third-order valence-corrected chi connectivity index (χ3v) is 2.66. The van der Waals surface area contributed by atoms with E-state index in [1.165, 1.54) is 11.8 Å². The smallest absolute Gasteiger partial charge is 0.262 e. The van der Waals surface area contributed by atoms with E-state index in [0.29, 0.717) is 5.75 Å². The van der Waals surface area contributed by atoms with Crippen molar-refractivity contribution in [3.05, 3.63) is 0 Å². The van der Waals surface area contributed by atoms with Gasteiger partial charge in [-0.25, -0.2) is 8.78 Å². The van der Waals surface area contributed by atoms with Crippen LogP contribution < -0.4 is 0 Å². The summed E-state index contributed by atoms with van der Waals surface area (Å²) in [7, 11) is 0. The van der Waals surface area contributed by atoms with Gasteiger partial charge >= 0.3 is 0 Å². The van der Waals surface area contributed by atoms with Gasteiger partial charge in [-0.3, -0.25) is 0 Å². The van der Waals surface area contributed by atoms with E-state index in [9.17, 15) is 8.78 Å². The molecule has 1 fully saturated rings. The highest BCUT2D eigenvalue weighted by molar-refractivity contribution is 7.99. The molecule has 0 aromatic rings. The van der Waals surface area contributed by atoms with Crippen LogP contribution in [0.25, 0.3) is 0 Å². The number of hydrogen-bond donors (Lipinski definition) is 1. The maximum Gasteiger partial charge on any atom is 0.262 e. The van der Waals surface area contributed by atoms with Gasteiger partial charge in [-0.15, -0.1) is 0 Å². The minimum atomic E-state index is -2.63. The molecule has 54 valence electrons. The fraction of sp³-hybridized carbons (Fsp3) is 1.00. The zero-order valence-corrected chi connectivity index (χ0v) is 5.63. The van der Waals surface area contributed by atoms with E-state index in [2.05, 4.69) is 0 Å². The molecule has 1 atom stereocenters. The van der Waals surface area contributed by atoms with Crippen LogP contribution in [0.3, 0.4) is 0 Å². The van der Waals surface area contributed by atoms with Crippen molar-refractivity contribution in [2.45, 2.75) is 5.92 Å². The van der Waals surface area contributed by atoms with Crippen LogP contribution in [0.1, 0.15) is 0 Å². The molecule has 0 radical (unpaired) electrons. The molecule has 1 saturated heterocycles. The molecule has 0 aliphatic carbocycles. The molecule has 1 unspecified atom stereocenters. The fourth-order valence-corrected chi connectivity index (χ4v) is 2.02. The van der Waals surface area contributed by atoms with E-state index in [1.807, 2.05) is 0 Å². The predicted octanol–water partition coefficient (Wildman–Crippen LogP) is 0.977. The van der Waals surface area contributed by atoms with Gasteiger partial charge in [0.1, 0.15) is 0 Å². The number of halogens is 2. The molecule has 1 heterocycles. The van der Waals surface area contributed by atoms with Crippen LogP contribution in [0.15, 0.2) is 0 Å². The van der Waals surface area contributed by atoms with E-state index in [4.69, 9.17) is 5.11 Å². The molecular weight excluding hydrogens is 146 g/mol. The summed E-state index contributed by atoms with van der Waals surface area (Å²) < 4.78 is 24.9. The lowest BCUT2D eigenvalue weighted by atomic mass is 10.1. The second kappa shape index (κ2) is 2.42. The average molecular weight is 154 g/mol. The molecule has 0 spiro atoms. The number of aliphatic hydroxyl groups is 1. The Morgan fingerprint density at radius 2 is 2.33 bits per heavy atom. The lowest BCUT2D eigenvalue weighted by Gasteiger charge is -2.13. The predicted molar refractivity (Wildman–Crippen MR) is 32.8 cm³/mol. The lowest BCUT2D eigenvalue weighted by molar-refractivity contribution is -0.0374. The summed E-state index contributed by atoms with van der Waals surface area (Å²) in [5.74, 6) is -3.16. The molecule has 1 aliphatic rings. The van der Waals surface area contributed by atoms with Crippen LogP contribution in [0.5, 0.6) is 0 Å². The van der Waals surface area contributed by atoms with Crippen molar-refractivity contribution in [1.29, 1.82) is 0 Å². The summed E-state index contributed by atoms with van der Waals surface area (Å²) in [6.45, 7) is -0.389. The second-order valence-corrected chi connectivity index (χ2v) is 3.19. The van der Waals surface area contributed by atoms with Crippen molar-refractivity contribution in [3.8, 4) is 0 Å². The number of hydrogen-bond acceptors (Lipinski definition) is 2. The minimum Gasteiger partial charge on any atom is -0.396 e. The Hall–Kier alpha value is 0.170. The SMILES string of the molecule is OCC1CSCC1(F)F. The summed E-state index contributed by atoms with van der Waals surface area (Å²) in [5, 5.41) is 8.41. The van der Waals surface area contributed by atoms with E-state index in [1.54, 1.807) is 0 Å². The van der Waals surface area contributed by atoms with Crippen molar-refractivity contribution in [2.75, 3.05) is 18.1 Å². The molecule has 0 aromatic carbocycles. The quantitative estimate of drug-likeness (QED) is 0.607. The van der Waals surface area contributed by atoms with Gasteiger partial charge in [0.25, 0.3) is 5.92 Å². The van der Waals surface area contributed by atoms with Crippen LogP contribution >= 0.6 is 11.8 Å². The monoisotopic (exact) mass is 154 g/mol. The number of alkyl halides is 2. The lowest BCUT2D eigenvalue weighted by Crippen LogP contribution is -2.28. The van der Waals surface area contributed by atoms with Gasteiger partial charge in [-0.05, 0) is 0 Å². The van der Waals surface area contributed by atoms with Crippen molar-refractivity contribution >= 4 is 11.8 Å². The van der Waals surface area contributed by atoms with Crippen molar-refractivity contribution in [1.82, 2.24) is 0 Å². The van der Waals surface area contributed by atoms with Gasteiger partial charge in [0.2, 0.25) is 0 Å². The summed E-state index contributed by atoms with van der Waals surface area (Å²) in [4.78, 5) is 0. The summed E-state index contributed by atoms with van der Waals surface area (Å²) in [6, 6.07) is 0. The fourth-order valence-electron chi connectivity index (χ4n) is 0.763. The molecule has 0 bridgehead atoms. The Morgan fingerprint density at radius 3 is 2.56 bits per heavy atom. The third-order valence-electron chi connectivity index (χ3n) is 1.43. The van der Waals surface area contributed by atoms with Crippen LogP contribution in [-0.4, -0.2) is 29.1 Å². The third kappa shape index (κ3) is 1.35. The second-order valence-electron chi connectivity index (χ2n) is 2.16. The Balaban J connectivity index is 2.52. The topological polar surface area (TPSA) is 20.2 Å². The number of aliphatic hydroxyl groups excluding tert-OH is 1. The van der Waals surface area contributed by atoms with Crippen molar-refractivity contribution in [2.24, 2.45) is 5.92 Å². The first-order valence-electron chi connectivity index (χ1n) is 2.73. The summed E-state index contributed by atoms with van der Waals surface area (Å²) in [6.07, 6.45) is 0. The molecule has 1 aliphatic heterocycles. The first-order valence-corrected chi connectivity index (χ1v) is 3.88. The maximum atomic E-state index is 12.4. The highest BCUT2D eigenvalue weighted by Crippen LogP contribution is 2.37. The summed E-state index contributed by atoms with van der Waals surface area (Å²) in [5.41, 5.74) is 0. The highest BCUT2D eigenvalue weighted by atomic mass is 32.2. The molecule has 0 amide bonds. The molecule has 1 N–H and O–H groups in total. The number of thioether (sulfide) groups is 1. The van der Waals surface area contributed by atoms with E-state index in [0.717, 1.165) is 0 Å². The van der Waals surface area contributed by atoms with Gasteiger partial charge in [-0.2, -0.15) is 11.8 Å². The van der Waals surface area contributed by atoms with Gasteiger partial charge in [0.05, 0.1) is 18.3 Å². The Labute approximate surface area is 56.4 Å². The zero-order chi connectivity index (χ0) is 6.91. The van der Waals surface area contributed by atoms with Crippen LogP contribution in [0.4, 0.5) is 8.78 Å². The summed E-state index contributed by atoms with van der Waals surface area (Å²) >= 11 is 1.20. The van der Waals surface area contributed by atoms with E-state index in [-0.39, 0.29) is 12.4 Å². The van der Waals surface area contributed by atoms with Crippen molar-refractivity contribution < 1.29 is 13.9 Å². The Morgan fingerprint density at radius 1 is 1.67 bits per heavy atom. The number of rotatable bonds is 1. The molecule has 0 aromatic heterocycles. The van der Waals surface area contributed by atoms with E-state index >= 15 is 0 Å². The maximum absolute atomic E-state index is 12.4. The molecule has 1 nitrogen and oxygen atoms in total. The van der Waals surface area contributed by atoms with E-state index < -0.39 is 11.8 Å². The van der Waals surface area contributed by atoms with Crippen LogP contribution in [0.2, 0.25) is 0 Å².